The SMILES string of the molecule is O=C(NCCc1ccccc1)C(=O)NCC1CCN(C2CCOC2)CC1. The maximum Gasteiger partial charge on any atom is 0.309 e. The number of piperidine rings is 1. The van der Waals surface area contributed by atoms with Gasteiger partial charge in [0.25, 0.3) is 0 Å². The normalized spacial score (nSPS) is 21.5. The highest BCUT2D eigenvalue weighted by molar-refractivity contribution is 6.35. The highest BCUT2D eigenvalue weighted by Gasteiger charge is 2.28. The molecule has 2 heterocycles. The summed E-state index contributed by atoms with van der Waals surface area (Å²) in [5.41, 5.74) is 1.15. The van der Waals surface area contributed by atoms with Gasteiger partial charge < -0.3 is 15.4 Å². The number of likely N-dealkylation sites (tertiary alicyclic amines) is 1. The summed E-state index contributed by atoms with van der Waals surface area (Å²) in [4.78, 5) is 26.3. The summed E-state index contributed by atoms with van der Waals surface area (Å²) in [5, 5.41) is 5.48. The Morgan fingerprint density at radius 3 is 2.46 bits per heavy atom. The Morgan fingerprint density at radius 2 is 1.77 bits per heavy atom. The van der Waals surface area contributed by atoms with E-state index in [0.29, 0.717) is 25.0 Å². The third-order valence-corrected chi connectivity index (χ3v) is 5.37. The van der Waals surface area contributed by atoms with Gasteiger partial charge in [-0.05, 0) is 50.3 Å². The third kappa shape index (κ3) is 5.54. The third-order valence-electron chi connectivity index (χ3n) is 5.37. The van der Waals surface area contributed by atoms with Gasteiger partial charge in [-0.1, -0.05) is 30.3 Å². The molecule has 1 aromatic rings. The second-order valence-electron chi connectivity index (χ2n) is 7.20. The molecule has 0 spiro atoms. The van der Waals surface area contributed by atoms with E-state index < -0.39 is 11.8 Å². The molecule has 0 saturated carbocycles. The molecule has 26 heavy (non-hydrogen) atoms. The highest BCUT2D eigenvalue weighted by Crippen LogP contribution is 2.21. The van der Waals surface area contributed by atoms with Crippen molar-refractivity contribution in [1.29, 1.82) is 0 Å². The molecular formula is C20H29N3O3. The van der Waals surface area contributed by atoms with E-state index in [1.54, 1.807) is 0 Å². The molecular weight excluding hydrogens is 330 g/mol. The molecule has 6 nitrogen and oxygen atoms in total. The van der Waals surface area contributed by atoms with Gasteiger partial charge in [-0.15, -0.1) is 0 Å². The van der Waals surface area contributed by atoms with Crippen molar-refractivity contribution in [2.45, 2.75) is 31.7 Å². The van der Waals surface area contributed by atoms with E-state index in [-0.39, 0.29) is 0 Å². The lowest BCUT2D eigenvalue weighted by atomic mass is 9.95. The molecule has 1 aromatic carbocycles. The van der Waals surface area contributed by atoms with Gasteiger partial charge in [0.2, 0.25) is 0 Å². The Balaban J connectivity index is 1.29. The first-order chi connectivity index (χ1) is 12.7. The number of benzene rings is 1. The first kappa shape index (κ1) is 18.9. The standard InChI is InChI=1S/C20H29N3O3/c24-19(21-10-6-16-4-2-1-3-5-16)20(25)22-14-17-7-11-23(12-8-17)18-9-13-26-15-18/h1-5,17-18H,6-15H2,(H,21,24)(H,22,25). The smallest absolute Gasteiger partial charge is 0.309 e. The first-order valence-electron chi connectivity index (χ1n) is 9.64. The Hall–Kier alpha value is -1.92. The van der Waals surface area contributed by atoms with Gasteiger partial charge in [0, 0.05) is 25.7 Å². The Bertz CT molecular complexity index is 579. The van der Waals surface area contributed by atoms with Gasteiger partial charge in [-0.2, -0.15) is 0 Å². The van der Waals surface area contributed by atoms with Crippen LogP contribution in [0.3, 0.4) is 0 Å². The minimum absolute atomic E-state index is 0.453. The quantitative estimate of drug-likeness (QED) is 0.743. The van der Waals surface area contributed by atoms with Crippen LogP contribution in [0.15, 0.2) is 30.3 Å². The Labute approximate surface area is 155 Å². The van der Waals surface area contributed by atoms with Crippen molar-refractivity contribution in [2.24, 2.45) is 5.92 Å². The molecule has 0 aromatic heterocycles. The van der Waals surface area contributed by atoms with Gasteiger partial charge in [0.05, 0.1) is 6.61 Å². The van der Waals surface area contributed by atoms with Crippen LogP contribution in [-0.2, 0) is 20.7 Å². The molecule has 0 radical (unpaired) electrons. The number of hydrogen-bond acceptors (Lipinski definition) is 4. The molecule has 142 valence electrons. The number of nitrogens with zero attached hydrogens (tertiary/aromatic N) is 1. The number of amides is 2. The topological polar surface area (TPSA) is 70.7 Å². The van der Waals surface area contributed by atoms with Crippen LogP contribution >= 0.6 is 0 Å². The van der Waals surface area contributed by atoms with Crippen LogP contribution in [-0.4, -0.2) is 62.1 Å². The van der Waals surface area contributed by atoms with Crippen molar-refractivity contribution in [2.75, 3.05) is 39.4 Å². The van der Waals surface area contributed by atoms with Gasteiger partial charge >= 0.3 is 11.8 Å². The fraction of sp³-hybridized carbons (Fsp3) is 0.600. The lowest BCUT2D eigenvalue weighted by Crippen LogP contribution is -2.46. The Kier molecular flexibility index (Phi) is 7.03. The second kappa shape index (κ2) is 9.69. The monoisotopic (exact) mass is 359 g/mol. The van der Waals surface area contributed by atoms with Crippen molar-refractivity contribution >= 4 is 11.8 Å². The number of carbonyl (C=O) groups excluding carboxylic acids is 2. The van der Waals surface area contributed by atoms with E-state index in [4.69, 9.17) is 4.74 Å². The first-order valence-corrected chi connectivity index (χ1v) is 9.64. The fourth-order valence-corrected chi connectivity index (χ4v) is 3.69. The summed E-state index contributed by atoms with van der Waals surface area (Å²) in [6, 6.07) is 10.5. The van der Waals surface area contributed by atoms with Crippen LogP contribution in [0, 0.1) is 5.92 Å². The number of nitrogens with one attached hydrogen (secondary N) is 2. The molecule has 3 rings (SSSR count). The van der Waals surface area contributed by atoms with Gasteiger partial charge in [-0.25, -0.2) is 0 Å². The molecule has 2 N–H and O–H groups in total. The molecule has 2 aliphatic rings. The summed E-state index contributed by atoms with van der Waals surface area (Å²) >= 11 is 0. The average Bonchev–Trinajstić information content (AvgIpc) is 3.22. The molecule has 2 amide bonds. The maximum absolute atomic E-state index is 12.0. The minimum Gasteiger partial charge on any atom is -0.380 e. The Morgan fingerprint density at radius 1 is 1.04 bits per heavy atom. The van der Waals surface area contributed by atoms with Gasteiger partial charge in [0.1, 0.15) is 0 Å². The van der Waals surface area contributed by atoms with Crippen LogP contribution < -0.4 is 10.6 Å². The predicted octanol–water partition coefficient (Wildman–Crippen LogP) is 0.962. The summed E-state index contributed by atoms with van der Waals surface area (Å²) in [5.74, 6) is -0.610. The summed E-state index contributed by atoms with van der Waals surface area (Å²) in [7, 11) is 0. The van der Waals surface area contributed by atoms with Gasteiger partial charge in [-0.3, -0.25) is 14.5 Å². The number of rotatable bonds is 6. The highest BCUT2D eigenvalue weighted by atomic mass is 16.5. The van der Waals surface area contributed by atoms with Crippen molar-refractivity contribution in [3.63, 3.8) is 0 Å². The zero-order chi connectivity index (χ0) is 18.2. The van der Waals surface area contributed by atoms with Crippen molar-refractivity contribution in [1.82, 2.24) is 15.5 Å². The van der Waals surface area contributed by atoms with E-state index in [1.807, 2.05) is 30.3 Å². The maximum atomic E-state index is 12.0. The lowest BCUT2D eigenvalue weighted by molar-refractivity contribution is -0.139. The summed E-state index contributed by atoms with van der Waals surface area (Å²) < 4.78 is 5.46. The number of ether oxygens (including phenoxy) is 1. The molecule has 1 unspecified atom stereocenters. The lowest BCUT2D eigenvalue weighted by Gasteiger charge is -2.35. The van der Waals surface area contributed by atoms with Crippen LogP contribution in [0.4, 0.5) is 0 Å². The minimum atomic E-state index is -0.540. The van der Waals surface area contributed by atoms with Crippen molar-refractivity contribution < 1.29 is 14.3 Å². The van der Waals surface area contributed by atoms with Crippen LogP contribution in [0.1, 0.15) is 24.8 Å². The van der Waals surface area contributed by atoms with E-state index in [9.17, 15) is 9.59 Å². The molecule has 2 fully saturated rings. The van der Waals surface area contributed by atoms with E-state index >= 15 is 0 Å². The van der Waals surface area contributed by atoms with E-state index in [2.05, 4.69) is 15.5 Å². The van der Waals surface area contributed by atoms with Crippen LogP contribution in [0.5, 0.6) is 0 Å². The predicted molar refractivity (Wildman–Crippen MR) is 99.7 cm³/mol. The van der Waals surface area contributed by atoms with Crippen LogP contribution in [0.25, 0.3) is 0 Å². The van der Waals surface area contributed by atoms with E-state index in [0.717, 1.165) is 57.6 Å². The average molecular weight is 359 g/mol. The molecule has 0 bridgehead atoms. The molecule has 0 aliphatic carbocycles. The fourth-order valence-electron chi connectivity index (χ4n) is 3.69. The molecule has 1 atom stereocenters. The second-order valence-corrected chi connectivity index (χ2v) is 7.20. The summed E-state index contributed by atoms with van der Waals surface area (Å²) in [6.07, 6.45) is 3.98. The zero-order valence-corrected chi connectivity index (χ0v) is 15.3. The molecule has 2 aliphatic heterocycles. The molecule has 6 heteroatoms. The van der Waals surface area contributed by atoms with Crippen LogP contribution in [0.2, 0.25) is 0 Å². The number of hydrogen-bond donors (Lipinski definition) is 2. The van der Waals surface area contributed by atoms with Crippen molar-refractivity contribution in [3.05, 3.63) is 35.9 Å². The van der Waals surface area contributed by atoms with Gasteiger partial charge in [0.15, 0.2) is 0 Å². The summed E-state index contributed by atoms with van der Waals surface area (Å²) in [6.45, 7) is 4.89. The number of carbonyl (C=O) groups is 2. The largest absolute Gasteiger partial charge is 0.380 e. The molecule has 2 saturated heterocycles. The van der Waals surface area contributed by atoms with E-state index in [1.165, 1.54) is 0 Å². The van der Waals surface area contributed by atoms with Crippen molar-refractivity contribution in [3.8, 4) is 0 Å². The zero-order valence-electron chi connectivity index (χ0n) is 15.3.